The van der Waals surface area contributed by atoms with E-state index < -0.39 is 28.9 Å². The standard InChI is InChI=1S/C22H21F3N4O4/c1-33-12-11-28(20(31)15-7-9-16(10-8-15)22(23,24)25)17-18(26)29(21(32)27-19(17)30)13-14-5-3-2-4-6-14/h2-10H,11-13,26H2,1H3,(H,27,30,32). The summed E-state index contributed by atoms with van der Waals surface area (Å²) in [5, 5.41) is 0. The third kappa shape index (κ3) is 5.32. The van der Waals surface area contributed by atoms with Crippen molar-refractivity contribution in [1.82, 2.24) is 9.55 Å². The number of alkyl halides is 3. The van der Waals surface area contributed by atoms with Crippen molar-refractivity contribution in [2.75, 3.05) is 30.9 Å². The molecule has 0 aliphatic rings. The summed E-state index contributed by atoms with van der Waals surface area (Å²) in [5.74, 6) is -1.04. The van der Waals surface area contributed by atoms with Crippen LogP contribution >= 0.6 is 0 Å². The van der Waals surface area contributed by atoms with Gasteiger partial charge < -0.3 is 10.5 Å². The highest BCUT2D eigenvalue weighted by Gasteiger charge is 2.31. The monoisotopic (exact) mass is 462 g/mol. The minimum Gasteiger partial charge on any atom is -0.383 e. The van der Waals surface area contributed by atoms with Crippen LogP contribution in [0.1, 0.15) is 21.5 Å². The van der Waals surface area contributed by atoms with Crippen LogP contribution in [-0.4, -0.2) is 35.7 Å². The van der Waals surface area contributed by atoms with Gasteiger partial charge in [0.15, 0.2) is 5.69 Å². The smallest absolute Gasteiger partial charge is 0.383 e. The van der Waals surface area contributed by atoms with Gasteiger partial charge in [0.05, 0.1) is 18.7 Å². The molecule has 1 aromatic heterocycles. The molecule has 174 valence electrons. The molecule has 3 N–H and O–H groups in total. The molecule has 0 unspecified atom stereocenters. The number of amides is 1. The number of aromatic amines is 1. The second kappa shape index (κ2) is 9.74. The van der Waals surface area contributed by atoms with E-state index >= 15 is 0 Å². The molecular formula is C22H21F3N4O4. The van der Waals surface area contributed by atoms with Crippen molar-refractivity contribution in [1.29, 1.82) is 0 Å². The van der Waals surface area contributed by atoms with E-state index in [0.717, 1.165) is 39.3 Å². The van der Waals surface area contributed by atoms with Gasteiger partial charge in [0.2, 0.25) is 0 Å². The highest BCUT2D eigenvalue weighted by atomic mass is 19.4. The molecule has 0 spiro atoms. The third-order valence-electron chi connectivity index (χ3n) is 4.89. The predicted octanol–water partition coefficient (Wildman–Crippen LogP) is 2.48. The largest absolute Gasteiger partial charge is 0.416 e. The number of methoxy groups -OCH3 is 1. The molecule has 0 aliphatic carbocycles. The van der Waals surface area contributed by atoms with Crippen molar-refractivity contribution in [2.45, 2.75) is 12.7 Å². The third-order valence-corrected chi connectivity index (χ3v) is 4.89. The first kappa shape index (κ1) is 23.8. The van der Waals surface area contributed by atoms with Gasteiger partial charge in [0.25, 0.3) is 11.5 Å². The fourth-order valence-electron chi connectivity index (χ4n) is 3.22. The SMILES string of the molecule is COCCN(C(=O)c1ccc(C(F)(F)F)cc1)c1c(N)n(Cc2ccccc2)c(=O)[nH]c1=O. The van der Waals surface area contributed by atoms with Gasteiger partial charge in [0, 0.05) is 19.2 Å². The van der Waals surface area contributed by atoms with Crippen molar-refractivity contribution >= 4 is 17.4 Å². The molecule has 33 heavy (non-hydrogen) atoms. The Bertz CT molecular complexity index is 1240. The van der Waals surface area contributed by atoms with Gasteiger partial charge in [-0.05, 0) is 29.8 Å². The number of halogens is 3. The van der Waals surface area contributed by atoms with Crippen LogP contribution in [0.15, 0.2) is 64.2 Å². The van der Waals surface area contributed by atoms with Gasteiger partial charge in [-0.1, -0.05) is 30.3 Å². The second-order valence-corrected chi connectivity index (χ2v) is 7.09. The van der Waals surface area contributed by atoms with Crippen molar-refractivity contribution < 1.29 is 22.7 Å². The van der Waals surface area contributed by atoms with Gasteiger partial charge in [0.1, 0.15) is 5.82 Å². The summed E-state index contributed by atoms with van der Waals surface area (Å²) in [6.45, 7) is -0.0991. The molecule has 8 nitrogen and oxygen atoms in total. The molecule has 3 aromatic rings. The van der Waals surface area contributed by atoms with E-state index in [1.54, 1.807) is 30.3 Å². The van der Waals surface area contributed by atoms with Crippen molar-refractivity contribution in [3.8, 4) is 0 Å². The van der Waals surface area contributed by atoms with Gasteiger partial charge in [-0.15, -0.1) is 0 Å². The average molecular weight is 462 g/mol. The predicted molar refractivity (Wildman–Crippen MR) is 116 cm³/mol. The first-order valence-electron chi connectivity index (χ1n) is 9.78. The summed E-state index contributed by atoms with van der Waals surface area (Å²) >= 11 is 0. The van der Waals surface area contributed by atoms with Crippen LogP contribution in [0.3, 0.4) is 0 Å². The lowest BCUT2D eigenvalue weighted by molar-refractivity contribution is -0.137. The van der Waals surface area contributed by atoms with E-state index in [-0.39, 0.29) is 36.8 Å². The number of aromatic nitrogens is 2. The summed E-state index contributed by atoms with van der Waals surface area (Å²) < 4.78 is 44.7. The Morgan fingerprint density at radius 1 is 1.09 bits per heavy atom. The Balaban J connectivity index is 2.06. The van der Waals surface area contributed by atoms with Crippen LogP contribution in [0.25, 0.3) is 0 Å². The number of carbonyl (C=O) groups is 1. The number of benzene rings is 2. The summed E-state index contributed by atoms with van der Waals surface area (Å²) in [4.78, 5) is 41.4. The van der Waals surface area contributed by atoms with Gasteiger partial charge >= 0.3 is 11.9 Å². The van der Waals surface area contributed by atoms with Crippen LogP contribution in [0.4, 0.5) is 24.7 Å². The van der Waals surface area contributed by atoms with Gasteiger partial charge in [-0.3, -0.25) is 24.0 Å². The highest BCUT2D eigenvalue weighted by molar-refractivity contribution is 6.07. The average Bonchev–Trinajstić information content (AvgIpc) is 2.78. The Hall–Kier alpha value is -3.86. The van der Waals surface area contributed by atoms with Crippen LogP contribution in [-0.2, 0) is 17.5 Å². The molecule has 0 saturated heterocycles. The number of ether oxygens (including phenoxy) is 1. The van der Waals surface area contributed by atoms with Crippen molar-refractivity contribution in [2.24, 2.45) is 0 Å². The number of hydrogen-bond acceptors (Lipinski definition) is 5. The van der Waals surface area contributed by atoms with Crippen LogP contribution in [0, 0.1) is 0 Å². The first-order valence-corrected chi connectivity index (χ1v) is 9.78. The zero-order chi connectivity index (χ0) is 24.2. The van der Waals surface area contributed by atoms with E-state index in [1.165, 1.54) is 7.11 Å². The maximum Gasteiger partial charge on any atom is 0.416 e. The van der Waals surface area contributed by atoms with Crippen molar-refractivity contribution in [3.63, 3.8) is 0 Å². The van der Waals surface area contributed by atoms with E-state index in [9.17, 15) is 27.6 Å². The quantitative estimate of drug-likeness (QED) is 0.561. The number of nitrogen functional groups attached to an aromatic ring is 1. The molecular weight excluding hydrogens is 441 g/mol. The molecule has 1 heterocycles. The Kier molecular flexibility index (Phi) is 7.02. The molecule has 0 bridgehead atoms. The number of carbonyl (C=O) groups excluding carboxylic acids is 1. The van der Waals surface area contributed by atoms with E-state index in [0.29, 0.717) is 0 Å². The molecule has 2 aromatic carbocycles. The molecule has 11 heteroatoms. The highest BCUT2D eigenvalue weighted by Crippen LogP contribution is 2.29. The molecule has 0 saturated carbocycles. The second-order valence-electron chi connectivity index (χ2n) is 7.09. The lowest BCUT2D eigenvalue weighted by Gasteiger charge is -2.24. The molecule has 0 atom stereocenters. The van der Waals surface area contributed by atoms with E-state index in [4.69, 9.17) is 10.5 Å². The lowest BCUT2D eigenvalue weighted by Crippen LogP contribution is -2.42. The normalized spacial score (nSPS) is 11.4. The van der Waals surface area contributed by atoms with Crippen LogP contribution in [0.2, 0.25) is 0 Å². The van der Waals surface area contributed by atoms with E-state index in [1.807, 2.05) is 0 Å². The molecule has 0 fully saturated rings. The zero-order valence-electron chi connectivity index (χ0n) is 17.6. The number of nitrogens with one attached hydrogen (secondary N) is 1. The first-order chi connectivity index (χ1) is 15.6. The molecule has 1 amide bonds. The number of rotatable bonds is 7. The number of anilines is 2. The number of nitrogens with zero attached hydrogens (tertiary/aromatic N) is 2. The Labute approximate surface area is 186 Å². The minimum atomic E-state index is -4.56. The van der Waals surface area contributed by atoms with Gasteiger partial charge in [-0.2, -0.15) is 13.2 Å². The number of nitrogens with two attached hydrogens (primary N) is 1. The maximum absolute atomic E-state index is 13.2. The molecule has 0 radical (unpaired) electrons. The zero-order valence-corrected chi connectivity index (χ0v) is 17.6. The fraction of sp³-hybridized carbons (Fsp3) is 0.227. The lowest BCUT2D eigenvalue weighted by atomic mass is 10.1. The number of H-pyrrole nitrogens is 1. The summed E-state index contributed by atoms with van der Waals surface area (Å²) in [5.41, 5.74) is 3.90. The molecule has 0 aliphatic heterocycles. The van der Waals surface area contributed by atoms with E-state index in [2.05, 4.69) is 4.98 Å². The minimum absolute atomic E-state index is 0.00304. The fourth-order valence-corrected chi connectivity index (χ4v) is 3.22. The van der Waals surface area contributed by atoms with Gasteiger partial charge in [-0.25, -0.2) is 4.79 Å². The Morgan fingerprint density at radius 3 is 2.30 bits per heavy atom. The topological polar surface area (TPSA) is 110 Å². The maximum atomic E-state index is 13.2. The van der Waals surface area contributed by atoms with Crippen LogP contribution in [0.5, 0.6) is 0 Å². The summed E-state index contributed by atoms with van der Waals surface area (Å²) in [6.07, 6.45) is -4.56. The Morgan fingerprint density at radius 2 is 1.73 bits per heavy atom. The number of hydrogen-bond donors (Lipinski definition) is 2. The molecule has 3 rings (SSSR count). The summed E-state index contributed by atoms with van der Waals surface area (Å²) in [7, 11) is 1.38. The van der Waals surface area contributed by atoms with Crippen molar-refractivity contribution in [3.05, 3.63) is 92.1 Å². The summed E-state index contributed by atoms with van der Waals surface area (Å²) in [6, 6.07) is 12.4. The van der Waals surface area contributed by atoms with Crippen LogP contribution < -0.4 is 21.9 Å².